The summed E-state index contributed by atoms with van der Waals surface area (Å²) in [5, 5.41) is 2.94. The van der Waals surface area contributed by atoms with Crippen molar-refractivity contribution < 1.29 is 9.59 Å². The van der Waals surface area contributed by atoms with Gasteiger partial charge in [0.2, 0.25) is 11.8 Å². The van der Waals surface area contributed by atoms with Gasteiger partial charge in [0.25, 0.3) is 0 Å². The summed E-state index contributed by atoms with van der Waals surface area (Å²) in [4.78, 5) is 31.8. The van der Waals surface area contributed by atoms with E-state index in [0.717, 1.165) is 4.88 Å². The molecule has 1 aliphatic rings. The Morgan fingerprint density at radius 2 is 2.15 bits per heavy atom. The highest BCUT2D eigenvalue weighted by molar-refractivity contribution is 7.09. The van der Waals surface area contributed by atoms with Crippen LogP contribution in [0, 0.1) is 0 Å². The molecule has 1 unspecified atom stereocenters. The number of hydrogen-bond donors (Lipinski definition) is 1. The zero-order valence-corrected chi connectivity index (χ0v) is 13.0. The van der Waals surface area contributed by atoms with Crippen molar-refractivity contribution in [3.05, 3.63) is 16.6 Å². The molecule has 1 N–H and O–H groups in total. The lowest BCUT2D eigenvalue weighted by Crippen LogP contribution is -2.56. The molecule has 0 aromatic carbocycles. The molecule has 1 saturated heterocycles. The van der Waals surface area contributed by atoms with Crippen LogP contribution < -0.4 is 5.32 Å². The van der Waals surface area contributed by atoms with Gasteiger partial charge in [0.15, 0.2) is 0 Å². The third-order valence-electron chi connectivity index (χ3n) is 4.08. The van der Waals surface area contributed by atoms with Crippen molar-refractivity contribution in [3.63, 3.8) is 0 Å². The van der Waals surface area contributed by atoms with Crippen molar-refractivity contribution in [3.8, 4) is 0 Å². The highest BCUT2D eigenvalue weighted by atomic mass is 32.1. The molecule has 2 rings (SSSR count). The minimum absolute atomic E-state index is 0.0225. The van der Waals surface area contributed by atoms with Crippen LogP contribution in [0.2, 0.25) is 0 Å². The van der Waals surface area contributed by atoms with Crippen LogP contribution in [-0.4, -0.2) is 33.3 Å². The van der Waals surface area contributed by atoms with Gasteiger partial charge in [0, 0.05) is 23.5 Å². The monoisotopic (exact) mass is 295 g/mol. The molecule has 1 aliphatic heterocycles. The first-order chi connectivity index (χ1) is 9.52. The van der Waals surface area contributed by atoms with Crippen LogP contribution in [0.1, 0.15) is 44.9 Å². The average Bonchev–Trinajstić information content (AvgIpc) is 2.91. The second kappa shape index (κ2) is 5.91. The van der Waals surface area contributed by atoms with Gasteiger partial charge in [-0.15, -0.1) is 11.3 Å². The zero-order chi connectivity index (χ0) is 14.8. The first-order valence-electron chi connectivity index (χ1n) is 7.02. The lowest BCUT2D eigenvalue weighted by molar-refractivity contribution is -0.141. The smallest absolute Gasteiger partial charge is 0.248 e. The molecule has 1 aromatic rings. The maximum atomic E-state index is 12.9. The van der Waals surface area contributed by atoms with E-state index < -0.39 is 5.54 Å². The summed E-state index contributed by atoms with van der Waals surface area (Å²) in [6, 6.07) is -0.0930. The number of aromatic nitrogens is 1. The minimum Gasteiger partial charge on any atom is -0.342 e. The van der Waals surface area contributed by atoms with Crippen molar-refractivity contribution in [1.29, 1.82) is 0 Å². The van der Waals surface area contributed by atoms with E-state index in [1.54, 1.807) is 11.7 Å². The number of thiazole rings is 1. The van der Waals surface area contributed by atoms with Gasteiger partial charge >= 0.3 is 0 Å². The third kappa shape index (κ3) is 2.70. The van der Waals surface area contributed by atoms with Crippen LogP contribution in [-0.2, 0) is 16.1 Å². The predicted octanol–water partition coefficient (Wildman–Crippen LogP) is 1.94. The Bertz CT molecular complexity index is 483. The summed E-state index contributed by atoms with van der Waals surface area (Å²) >= 11 is 1.53. The molecule has 20 heavy (non-hydrogen) atoms. The van der Waals surface area contributed by atoms with Crippen LogP contribution in [0.15, 0.2) is 11.7 Å². The molecule has 1 atom stereocenters. The van der Waals surface area contributed by atoms with E-state index in [9.17, 15) is 9.59 Å². The molecular formula is C14H21N3O2S. The molecule has 1 fully saturated rings. The molecule has 0 aliphatic carbocycles. The van der Waals surface area contributed by atoms with Crippen LogP contribution in [0.3, 0.4) is 0 Å². The van der Waals surface area contributed by atoms with Gasteiger partial charge in [-0.2, -0.15) is 0 Å². The third-order valence-corrected chi connectivity index (χ3v) is 4.84. The molecule has 1 aromatic heterocycles. The van der Waals surface area contributed by atoms with E-state index in [1.165, 1.54) is 11.3 Å². The standard InChI is InChI=1S/C14H21N3O2S/c1-4-14(5-2)13(19)17(8-11-7-15-9-20-11)10(3)6-12(18)16-14/h7,9-10H,4-6,8H2,1-3H3,(H,16,18). The zero-order valence-electron chi connectivity index (χ0n) is 12.2. The first kappa shape index (κ1) is 15.0. The van der Waals surface area contributed by atoms with Gasteiger partial charge in [0.05, 0.1) is 12.1 Å². The highest BCUT2D eigenvalue weighted by Crippen LogP contribution is 2.26. The maximum Gasteiger partial charge on any atom is 0.248 e. The largest absolute Gasteiger partial charge is 0.342 e. The second-order valence-electron chi connectivity index (χ2n) is 5.29. The minimum atomic E-state index is -0.757. The Kier molecular flexibility index (Phi) is 4.42. The van der Waals surface area contributed by atoms with Gasteiger partial charge in [-0.1, -0.05) is 13.8 Å². The summed E-state index contributed by atoms with van der Waals surface area (Å²) in [5.74, 6) is -0.0180. The average molecular weight is 295 g/mol. The predicted molar refractivity (Wildman–Crippen MR) is 78.2 cm³/mol. The second-order valence-corrected chi connectivity index (χ2v) is 6.26. The molecule has 2 amide bonds. The lowest BCUT2D eigenvalue weighted by Gasteiger charge is -2.35. The lowest BCUT2D eigenvalue weighted by atomic mass is 9.91. The van der Waals surface area contributed by atoms with Gasteiger partial charge in [-0.05, 0) is 19.8 Å². The number of rotatable bonds is 4. The Labute approximate surface area is 123 Å². The first-order valence-corrected chi connectivity index (χ1v) is 7.89. The van der Waals surface area contributed by atoms with Gasteiger partial charge < -0.3 is 10.2 Å². The number of carbonyl (C=O) groups excluding carboxylic acids is 2. The summed E-state index contributed by atoms with van der Waals surface area (Å²) in [5.41, 5.74) is 1.01. The van der Waals surface area contributed by atoms with E-state index >= 15 is 0 Å². The van der Waals surface area contributed by atoms with Crippen LogP contribution >= 0.6 is 11.3 Å². The van der Waals surface area contributed by atoms with Crippen LogP contribution in [0.5, 0.6) is 0 Å². The van der Waals surface area contributed by atoms with Gasteiger partial charge in [-0.3, -0.25) is 14.6 Å². The van der Waals surface area contributed by atoms with Gasteiger partial charge in [-0.25, -0.2) is 0 Å². The Hall–Kier alpha value is -1.43. The summed E-state index contributed by atoms with van der Waals surface area (Å²) < 4.78 is 0. The van der Waals surface area contributed by atoms with E-state index in [-0.39, 0.29) is 17.9 Å². The molecule has 0 radical (unpaired) electrons. The highest BCUT2D eigenvalue weighted by Gasteiger charge is 2.43. The molecule has 5 nitrogen and oxygen atoms in total. The van der Waals surface area contributed by atoms with E-state index in [1.807, 2.05) is 25.7 Å². The molecule has 0 spiro atoms. The summed E-state index contributed by atoms with van der Waals surface area (Å²) in [6.45, 7) is 6.35. The molecule has 0 bridgehead atoms. The topological polar surface area (TPSA) is 62.3 Å². The number of nitrogens with zero attached hydrogens (tertiary/aromatic N) is 2. The molecule has 6 heteroatoms. The summed E-state index contributed by atoms with van der Waals surface area (Å²) in [6.07, 6.45) is 3.36. The molecule has 110 valence electrons. The molecular weight excluding hydrogens is 274 g/mol. The Balaban J connectivity index is 2.32. The molecule has 0 saturated carbocycles. The Morgan fingerprint density at radius 3 is 2.70 bits per heavy atom. The SMILES string of the molecule is CCC1(CC)NC(=O)CC(C)N(Cc2cncs2)C1=O. The molecule has 2 heterocycles. The van der Waals surface area contributed by atoms with E-state index in [4.69, 9.17) is 0 Å². The quantitative estimate of drug-likeness (QED) is 0.923. The van der Waals surface area contributed by atoms with Crippen molar-refractivity contribution in [2.45, 2.75) is 58.2 Å². The van der Waals surface area contributed by atoms with E-state index in [2.05, 4.69) is 10.3 Å². The van der Waals surface area contributed by atoms with Gasteiger partial charge in [0.1, 0.15) is 5.54 Å². The number of carbonyl (C=O) groups is 2. The fourth-order valence-electron chi connectivity index (χ4n) is 2.67. The van der Waals surface area contributed by atoms with Crippen LogP contribution in [0.4, 0.5) is 0 Å². The fraction of sp³-hybridized carbons (Fsp3) is 0.643. The Morgan fingerprint density at radius 1 is 1.45 bits per heavy atom. The maximum absolute atomic E-state index is 12.9. The van der Waals surface area contributed by atoms with Crippen molar-refractivity contribution in [2.75, 3.05) is 0 Å². The number of hydrogen-bond acceptors (Lipinski definition) is 4. The number of amides is 2. The summed E-state index contributed by atoms with van der Waals surface area (Å²) in [7, 11) is 0. The normalized spacial score (nSPS) is 22.6. The number of nitrogens with one attached hydrogen (secondary N) is 1. The fourth-order valence-corrected chi connectivity index (χ4v) is 3.26. The van der Waals surface area contributed by atoms with Crippen LogP contribution in [0.25, 0.3) is 0 Å². The van der Waals surface area contributed by atoms with Crippen molar-refractivity contribution in [1.82, 2.24) is 15.2 Å². The van der Waals surface area contributed by atoms with E-state index in [0.29, 0.717) is 25.8 Å². The van der Waals surface area contributed by atoms with Crippen molar-refractivity contribution in [2.24, 2.45) is 0 Å². The van der Waals surface area contributed by atoms with Crippen molar-refractivity contribution >= 4 is 23.2 Å².